The van der Waals surface area contributed by atoms with Gasteiger partial charge in [0.1, 0.15) is 0 Å². The quantitative estimate of drug-likeness (QED) is 0.725. The molecular formula is C19H20Cl2N4. The van der Waals surface area contributed by atoms with Gasteiger partial charge >= 0.3 is 0 Å². The van der Waals surface area contributed by atoms with Gasteiger partial charge < -0.3 is 4.90 Å². The zero-order valence-corrected chi connectivity index (χ0v) is 15.6. The first-order valence-corrected chi connectivity index (χ1v) is 9.18. The van der Waals surface area contributed by atoms with Crippen LogP contribution >= 0.6 is 23.2 Å². The lowest BCUT2D eigenvalue weighted by molar-refractivity contribution is 0.326. The lowest BCUT2D eigenvalue weighted by Crippen LogP contribution is -2.34. The van der Waals surface area contributed by atoms with Crippen LogP contribution in [0.2, 0.25) is 10.0 Å². The Balaban J connectivity index is 1.43. The first-order valence-electron chi connectivity index (χ1n) is 8.42. The summed E-state index contributed by atoms with van der Waals surface area (Å²) in [5.74, 6) is 0. The Morgan fingerprint density at radius 2 is 2.08 bits per heavy atom. The Hall–Kier alpha value is -1.75. The summed E-state index contributed by atoms with van der Waals surface area (Å²) in [5.41, 5.74) is 3.51. The maximum absolute atomic E-state index is 6.13. The van der Waals surface area contributed by atoms with Gasteiger partial charge in [0.15, 0.2) is 0 Å². The molecule has 0 aliphatic carbocycles. The van der Waals surface area contributed by atoms with Gasteiger partial charge in [-0.3, -0.25) is 10.00 Å². The van der Waals surface area contributed by atoms with E-state index in [9.17, 15) is 0 Å². The molecule has 4 rings (SSSR count). The third-order valence-electron chi connectivity index (χ3n) is 5.02. The van der Waals surface area contributed by atoms with Crippen molar-refractivity contribution in [2.75, 3.05) is 25.0 Å². The predicted octanol–water partition coefficient (Wildman–Crippen LogP) is 4.58. The molecular weight excluding hydrogens is 355 g/mol. The van der Waals surface area contributed by atoms with Crippen molar-refractivity contribution < 1.29 is 0 Å². The molecule has 2 aromatic carbocycles. The zero-order chi connectivity index (χ0) is 17.4. The van der Waals surface area contributed by atoms with Crippen LogP contribution in [0, 0.1) is 0 Å². The number of H-pyrrole nitrogens is 1. The van der Waals surface area contributed by atoms with Gasteiger partial charge in [0.25, 0.3) is 0 Å². The summed E-state index contributed by atoms with van der Waals surface area (Å²) in [7, 11) is 2.18. The lowest BCUT2D eigenvalue weighted by atomic mass is 10.1. The maximum atomic E-state index is 6.13. The van der Waals surface area contributed by atoms with Gasteiger partial charge in [-0.25, -0.2) is 0 Å². The molecule has 1 saturated heterocycles. The van der Waals surface area contributed by atoms with E-state index >= 15 is 0 Å². The highest BCUT2D eigenvalue weighted by atomic mass is 35.5. The molecule has 0 spiro atoms. The number of rotatable bonds is 4. The molecule has 4 nitrogen and oxygen atoms in total. The Morgan fingerprint density at radius 3 is 2.92 bits per heavy atom. The van der Waals surface area contributed by atoms with Gasteiger partial charge in [0.2, 0.25) is 0 Å². The molecule has 1 aliphatic rings. The second-order valence-electron chi connectivity index (χ2n) is 6.68. The average Bonchev–Trinajstić information content (AvgIpc) is 3.26. The fourth-order valence-electron chi connectivity index (χ4n) is 3.53. The molecule has 1 unspecified atom stereocenters. The van der Waals surface area contributed by atoms with E-state index in [1.54, 1.807) is 0 Å². The molecule has 0 amide bonds. The van der Waals surface area contributed by atoms with Crippen LogP contribution in [-0.2, 0) is 6.54 Å². The lowest BCUT2D eigenvalue weighted by Gasteiger charge is -2.27. The number of benzene rings is 2. The third kappa shape index (κ3) is 3.47. The number of anilines is 1. The van der Waals surface area contributed by atoms with Crippen molar-refractivity contribution >= 4 is 39.8 Å². The monoisotopic (exact) mass is 374 g/mol. The number of aromatic amines is 1. The molecule has 1 fully saturated rings. The van der Waals surface area contributed by atoms with Crippen molar-refractivity contribution in [3.8, 4) is 0 Å². The highest BCUT2D eigenvalue weighted by Crippen LogP contribution is 2.27. The Labute approximate surface area is 157 Å². The van der Waals surface area contributed by atoms with E-state index in [0.717, 1.165) is 37.0 Å². The van der Waals surface area contributed by atoms with Crippen LogP contribution in [0.25, 0.3) is 10.9 Å². The fourth-order valence-corrected chi connectivity index (χ4v) is 3.85. The summed E-state index contributed by atoms with van der Waals surface area (Å²) in [6, 6.07) is 12.8. The molecule has 6 heteroatoms. The van der Waals surface area contributed by atoms with Crippen molar-refractivity contribution in [3.05, 3.63) is 58.2 Å². The number of aromatic nitrogens is 2. The predicted molar refractivity (Wildman–Crippen MR) is 105 cm³/mol. The molecule has 1 aliphatic heterocycles. The van der Waals surface area contributed by atoms with E-state index in [-0.39, 0.29) is 0 Å². The van der Waals surface area contributed by atoms with Gasteiger partial charge in [-0.05, 0) is 42.3 Å². The summed E-state index contributed by atoms with van der Waals surface area (Å²) in [6.45, 7) is 3.03. The minimum absolute atomic E-state index is 0.507. The Morgan fingerprint density at radius 1 is 1.20 bits per heavy atom. The minimum atomic E-state index is 0.507. The molecule has 0 bridgehead atoms. The molecule has 1 N–H and O–H groups in total. The SMILES string of the molecule is CN(c1ccc2[nH]ncc2c1)C1CCN(Cc2ccc(Cl)c(Cl)c2)C1. The molecule has 2 heterocycles. The van der Waals surface area contributed by atoms with Crippen LogP contribution in [0.15, 0.2) is 42.6 Å². The zero-order valence-electron chi connectivity index (χ0n) is 14.0. The van der Waals surface area contributed by atoms with Crippen molar-refractivity contribution in [2.24, 2.45) is 0 Å². The van der Waals surface area contributed by atoms with Crippen LogP contribution in [-0.4, -0.2) is 41.3 Å². The Bertz CT molecular complexity index is 892. The second-order valence-corrected chi connectivity index (χ2v) is 7.49. The number of nitrogens with one attached hydrogen (secondary N) is 1. The highest BCUT2D eigenvalue weighted by molar-refractivity contribution is 6.42. The van der Waals surface area contributed by atoms with Crippen LogP contribution in [0.5, 0.6) is 0 Å². The number of fused-ring (bicyclic) bond motifs is 1. The van der Waals surface area contributed by atoms with E-state index in [1.807, 2.05) is 18.3 Å². The van der Waals surface area contributed by atoms with E-state index < -0.39 is 0 Å². The second kappa shape index (κ2) is 6.87. The summed E-state index contributed by atoms with van der Waals surface area (Å²) in [5, 5.41) is 9.48. The highest BCUT2D eigenvalue weighted by Gasteiger charge is 2.26. The van der Waals surface area contributed by atoms with E-state index in [4.69, 9.17) is 23.2 Å². The fraction of sp³-hybridized carbons (Fsp3) is 0.316. The van der Waals surface area contributed by atoms with Gasteiger partial charge in [0, 0.05) is 43.8 Å². The van der Waals surface area contributed by atoms with Gasteiger partial charge in [-0.1, -0.05) is 29.3 Å². The van der Waals surface area contributed by atoms with Crippen LogP contribution in [0.4, 0.5) is 5.69 Å². The first kappa shape index (κ1) is 16.7. The third-order valence-corrected chi connectivity index (χ3v) is 5.76. The molecule has 0 saturated carbocycles. The van der Waals surface area contributed by atoms with E-state index in [2.05, 4.69) is 51.3 Å². The first-order chi connectivity index (χ1) is 12.1. The number of hydrogen-bond acceptors (Lipinski definition) is 3. The van der Waals surface area contributed by atoms with Crippen LogP contribution < -0.4 is 4.90 Å². The number of halogens is 2. The van der Waals surface area contributed by atoms with Gasteiger partial charge in [-0.2, -0.15) is 5.10 Å². The van der Waals surface area contributed by atoms with Gasteiger partial charge in [-0.15, -0.1) is 0 Å². The molecule has 1 aromatic heterocycles. The number of likely N-dealkylation sites (tertiary alicyclic amines) is 1. The number of nitrogens with zero attached hydrogens (tertiary/aromatic N) is 3. The molecule has 130 valence electrons. The van der Waals surface area contributed by atoms with Crippen molar-refractivity contribution in [1.29, 1.82) is 0 Å². The number of hydrogen-bond donors (Lipinski definition) is 1. The van der Waals surface area contributed by atoms with Crippen molar-refractivity contribution in [2.45, 2.75) is 19.0 Å². The average molecular weight is 375 g/mol. The van der Waals surface area contributed by atoms with E-state index in [1.165, 1.54) is 11.3 Å². The summed E-state index contributed by atoms with van der Waals surface area (Å²) in [6.07, 6.45) is 3.03. The normalized spacial score (nSPS) is 18.1. The minimum Gasteiger partial charge on any atom is -0.370 e. The van der Waals surface area contributed by atoms with Crippen molar-refractivity contribution in [1.82, 2.24) is 15.1 Å². The topological polar surface area (TPSA) is 35.2 Å². The molecule has 0 radical (unpaired) electrons. The standard InChI is InChI=1S/C19H20Cl2N4/c1-24(15-3-5-19-14(9-15)10-22-23-19)16-6-7-25(12-16)11-13-2-4-17(20)18(21)8-13/h2-5,8-10,16H,6-7,11-12H2,1H3,(H,22,23). The summed E-state index contributed by atoms with van der Waals surface area (Å²) in [4.78, 5) is 4.85. The molecule has 3 aromatic rings. The molecule has 1 atom stereocenters. The smallest absolute Gasteiger partial charge is 0.0651 e. The maximum Gasteiger partial charge on any atom is 0.0651 e. The van der Waals surface area contributed by atoms with E-state index in [0.29, 0.717) is 16.1 Å². The largest absolute Gasteiger partial charge is 0.370 e. The van der Waals surface area contributed by atoms with Crippen LogP contribution in [0.1, 0.15) is 12.0 Å². The summed E-state index contributed by atoms with van der Waals surface area (Å²) < 4.78 is 0. The summed E-state index contributed by atoms with van der Waals surface area (Å²) >= 11 is 12.1. The Kier molecular flexibility index (Phi) is 4.59. The molecule has 25 heavy (non-hydrogen) atoms. The number of likely N-dealkylation sites (N-methyl/N-ethyl adjacent to an activating group) is 1. The van der Waals surface area contributed by atoms with Crippen LogP contribution in [0.3, 0.4) is 0 Å². The van der Waals surface area contributed by atoms with Crippen molar-refractivity contribution in [3.63, 3.8) is 0 Å². The van der Waals surface area contributed by atoms with Gasteiger partial charge in [0.05, 0.1) is 21.8 Å².